The molecule has 2 rings (SSSR count). The molecule has 0 bridgehead atoms. The fourth-order valence-electron chi connectivity index (χ4n) is 2.49. The fraction of sp³-hybridized carbons (Fsp3) is 0.438. The van der Waals surface area contributed by atoms with Crippen molar-refractivity contribution in [1.29, 1.82) is 0 Å². The van der Waals surface area contributed by atoms with Crippen molar-refractivity contribution < 1.29 is 4.79 Å². The van der Waals surface area contributed by atoms with Crippen LogP contribution in [0.4, 0.5) is 5.69 Å². The number of likely N-dealkylation sites (N-methyl/N-ethyl adjacent to an activating group) is 1. The molecule has 0 aromatic heterocycles. The van der Waals surface area contributed by atoms with Gasteiger partial charge < -0.3 is 10.6 Å². The Hall–Kier alpha value is -1.77. The van der Waals surface area contributed by atoms with Gasteiger partial charge in [0.05, 0.1) is 5.41 Å². The molecule has 1 amide bonds. The van der Waals surface area contributed by atoms with Crippen LogP contribution in [-0.2, 0) is 10.2 Å². The molecule has 3 nitrogen and oxygen atoms in total. The number of carbonyl (C=O) groups is 1. The van der Waals surface area contributed by atoms with Crippen LogP contribution in [0.1, 0.15) is 31.2 Å². The molecule has 0 radical (unpaired) electrons. The largest absolute Gasteiger partial charge is 0.399 e. The van der Waals surface area contributed by atoms with Gasteiger partial charge >= 0.3 is 0 Å². The molecule has 0 heterocycles. The molecule has 102 valence electrons. The van der Waals surface area contributed by atoms with Gasteiger partial charge in [-0.25, -0.2) is 0 Å². The van der Waals surface area contributed by atoms with Crippen molar-refractivity contribution in [1.82, 2.24) is 4.90 Å². The lowest BCUT2D eigenvalue weighted by atomic mass is 9.94. The number of carbonyl (C=O) groups excluding carboxylic acids is 1. The molecule has 1 fully saturated rings. The van der Waals surface area contributed by atoms with Gasteiger partial charge in [0.1, 0.15) is 0 Å². The Bertz CT molecular complexity index is 460. The molecule has 0 unspecified atom stereocenters. The highest BCUT2D eigenvalue weighted by Gasteiger charge is 2.52. The standard InChI is InChI=1S/C16H22N2O/c1-3-4-5-12-18(2)15(19)16(10-11-16)13-6-8-14(17)9-7-13/h3,6-9H,1,4-5,10-12,17H2,2H3. The van der Waals surface area contributed by atoms with Gasteiger partial charge in [0.15, 0.2) is 0 Å². The van der Waals surface area contributed by atoms with Crippen molar-refractivity contribution >= 4 is 11.6 Å². The summed E-state index contributed by atoms with van der Waals surface area (Å²) in [6, 6.07) is 7.72. The number of benzene rings is 1. The van der Waals surface area contributed by atoms with Gasteiger partial charge in [0.25, 0.3) is 0 Å². The van der Waals surface area contributed by atoms with Gasteiger partial charge in [-0.1, -0.05) is 18.2 Å². The lowest BCUT2D eigenvalue weighted by molar-refractivity contribution is -0.132. The summed E-state index contributed by atoms with van der Waals surface area (Å²) in [6.07, 6.45) is 5.71. The van der Waals surface area contributed by atoms with Crippen LogP contribution < -0.4 is 5.73 Å². The predicted molar refractivity (Wildman–Crippen MR) is 78.8 cm³/mol. The van der Waals surface area contributed by atoms with E-state index in [1.807, 2.05) is 42.3 Å². The molecule has 19 heavy (non-hydrogen) atoms. The molecule has 0 saturated heterocycles. The number of nitrogen functional groups attached to an aromatic ring is 1. The molecule has 0 spiro atoms. The maximum absolute atomic E-state index is 12.6. The van der Waals surface area contributed by atoms with E-state index in [1.165, 1.54) is 0 Å². The normalized spacial score (nSPS) is 15.8. The first-order valence-electron chi connectivity index (χ1n) is 6.82. The summed E-state index contributed by atoms with van der Waals surface area (Å²) in [6.45, 7) is 4.50. The molecule has 0 atom stereocenters. The number of hydrogen-bond acceptors (Lipinski definition) is 2. The van der Waals surface area contributed by atoms with Crippen LogP contribution in [0.25, 0.3) is 0 Å². The highest BCUT2D eigenvalue weighted by Crippen LogP contribution is 2.49. The minimum Gasteiger partial charge on any atom is -0.399 e. The number of nitrogens with zero attached hydrogens (tertiary/aromatic N) is 1. The van der Waals surface area contributed by atoms with Gasteiger partial charge in [0, 0.05) is 19.3 Å². The molecule has 1 aliphatic rings. The van der Waals surface area contributed by atoms with Crippen LogP contribution >= 0.6 is 0 Å². The molecule has 1 aliphatic carbocycles. The SMILES string of the molecule is C=CCCCN(C)C(=O)C1(c2ccc(N)cc2)CC1. The number of rotatable bonds is 6. The zero-order valence-corrected chi connectivity index (χ0v) is 11.6. The van der Waals surface area contributed by atoms with Crippen LogP contribution in [0, 0.1) is 0 Å². The maximum Gasteiger partial charge on any atom is 0.232 e. The monoisotopic (exact) mass is 258 g/mol. The third kappa shape index (κ3) is 2.80. The lowest BCUT2D eigenvalue weighted by Crippen LogP contribution is -2.37. The van der Waals surface area contributed by atoms with E-state index < -0.39 is 0 Å². The van der Waals surface area contributed by atoms with Crippen molar-refractivity contribution in [3.63, 3.8) is 0 Å². The lowest BCUT2D eigenvalue weighted by Gasteiger charge is -2.24. The average Bonchev–Trinajstić information content (AvgIpc) is 3.20. The summed E-state index contributed by atoms with van der Waals surface area (Å²) in [5.74, 6) is 0.237. The minimum atomic E-state index is -0.281. The summed E-state index contributed by atoms with van der Waals surface area (Å²) in [5.41, 5.74) is 7.26. The third-order valence-electron chi connectivity index (χ3n) is 3.87. The van der Waals surface area contributed by atoms with E-state index >= 15 is 0 Å². The van der Waals surface area contributed by atoms with E-state index in [-0.39, 0.29) is 11.3 Å². The Kier molecular flexibility index (Phi) is 3.93. The maximum atomic E-state index is 12.6. The quantitative estimate of drug-likeness (QED) is 0.484. The van der Waals surface area contributed by atoms with Crippen molar-refractivity contribution in [2.24, 2.45) is 0 Å². The van der Waals surface area contributed by atoms with Crippen LogP contribution in [0.2, 0.25) is 0 Å². The molecule has 0 aliphatic heterocycles. The molecular weight excluding hydrogens is 236 g/mol. The number of nitrogens with two attached hydrogens (primary N) is 1. The van der Waals surface area contributed by atoms with Crippen LogP contribution in [0.15, 0.2) is 36.9 Å². The second-order valence-electron chi connectivity index (χ2n) is 5.36. The van der Waals surface area contributed by atoms with Crippen molar-refractivity contribution in [2.75, 3.05) is 19.3 Å². The van der Waals surface area contributed by atoms with E-state index in [1.54, 1.807) is 0 Å². The van der Waals surface area contributed by atoms with E-state index in [4.69, 9.17) is 5.73 Å². The Morgan fingerprint density at radius 2 is 2.05 bits per heavy atom. The second kappa shape index (κ2) is 5.47. The highest BCUT2D eigenvalue weighted by atomic mass is 16.2. The van der Waals surface area contributed by atoms with E-state index in [0.29, 0.717) is 0 Å². The van der Waals surface area contributed by atoms with E-state index in [9.17, 15) is 4.79 Å². The zero-order valence-electron chi connectivity index (χ0n) is 11.6. The van der Waals surface area contributed by atoms with Crippen molar-refractivity contribution in [3.05, 3.63) is 42.5 Å². The Balaban J connectivity index is 2.05. The summed E-state index contributed by atoms with van der Waals surface area (Å²) in [4.78, 5) is 14.4. The topological polar surface area (TPSA) is 46.3 Å². The van der Waals surface area contributed by atoms with Gasteiger partial charge in [0.2, 0.25) is 5.91 Å². The molecule has 1 saturated carbocycles. The fourth-order valence-corrected chi connectivity index (χ4v) is 2.49. The number of unbranched alkanes of at least 4 members (excludes halogenated alkanes) is 1. The number of allylic oxidation sites excluding steroid dienone is 1. The molecule has 2 N–H and O–H groups in total. The summed E-state index contributed by atoms with van der Waals surface area (Å²) in [7, 11) is 1.89. The van der Waals surface area contributed by atoms with Crippen molar-refractivity contribution in [2.45, 2.75) is 31.1 Å². The van der Waals surface area contributed by atoms with Gasteiger partial charge in [-0.3, -0.25) is 4.79 Å². The van der Waals surface area contributed by atoms with Crippen LogP contribution in [0.5, 0.6) is 0 Å². The van der Waals surface area contributed by atoms with Gasteiger partial charge in [-0.15, -0.1) is 6.58 Å². The first-order valence-corrected chi connectivity index (χ1v) is 6.82. The average molecular weight is 258 g/mol. The van der Waals surface area contributed by atoms with Crippen LogP contribution in [0.3, 0.4) is 0 Å². The first kappa shape index (κ1) is 13.7. The predicted octanol–water partition coefficient (Wildman–Crippen LogP) is 2.73. The van der Waals surface area contributed by atoms with Crippen LogP contribution in [-0.4, -0.2) is 24.4 Å². The molecule has 1 aromatic rings. The summed E-state index contributed by atoms with van der Waals surface area (Å²) in [5, 5.41) is 0. The smallest absolute Gasteiger partial charge is 0.232 e. The second-order valence-corrected chi connectivity index (χ2v) is 5.36. The van der Waals surface area contributed by atoms with E-state index in [0.717, 1.165) is 43.5 Å². The molecular formula is C16H22N2O. The first-order chi connectivity index (χ1) is 9.10. The Labute approximate surface area is 115 Å². The minimum absolute atomic E-state index is 0.237. The molecule has 1 aromatic carbocycles. The highest BCUT2D eigenvalue weighted by molar-refractivity contribution is 5.91. The van der Waals surface area contributed by atoms with E-state index in [2.05, 4.69) is 6.58 Å². The Morgan fingerprint density at radius 3 is 2.58 bits per heavy atom. The number of hydrogen-bond donors (Lipinski definition) is 1. The zero-order chi connectivity index (χ0) is 13.9. The molecule has 3 heteroatoms. The van der Waals surface area contributed by atoms with Gasteiger partial charge in [-0.05, 0) is 43.4 Å². The third-order valence-corrected chi connectivity index (χ3v) is 3.87. The van der Waals surface area contributed by atoms with Crippen molar-refractivity contribution in [3.8, 4) is 0 Å². The summed E-state index contributed by atoms with van der Waals surface area (Å²) < 4.78 is 0. The van der Waals surface area contributed by atoms with Gasteiger partial charge in [-0.2, -0.15) is 0 Å². The summed E-state index contributed by atoms with van der Waals surface area (Å²) >= 11 is 0. The number of anilines is 1. The Morgan fingerprint density at radius 1 is 1.42 bits per heavy atom. The number of amides is 1.